The summed E-state index contributed by atoms with van der Waals surface area (Å²) in [5.41, 5.74) is 3.32. The Labute approximate surface area is 184 Å². The van der Waals surface area contributed by atoms with E-state index in [9.17, 15) is 4.79 Å². The summed E-state index contributed by atoms with van der Waals surface area (Å²) in [4.78, 5) is 26.0. The molecule has 1 saturated carbocycles. The molecule has 0 unspecified atom stereocenters. The summed E-state index contributed by atoms with van der Waals surface area (Å²) >= 11 is 0. The van der Waals surface area contributed by atoms with Crippen molar-refractivity contribution in [3.63, 3.8) is 0 Å². The molecule has 1 amide bonds. The van der Waals surface area contributed by atoms with E-state index in [-0.39, 0.29) is 5.91 Å². The Morgan fingerprint density at radius 1 is 1.03 bits per heavy atom. The molecule has 2 aromatic rings. The fourth-order valence-corrected chi connectivity index (χ4v) is 4.41. The molecule has 31 heavy (non-hydrogen) atoms. The normalized spacial score (nSPS) is 19.5. The van der Waals surface area contributed by atoms with Crippen LogP contribution in [0.4, 0.5) is 11.6 Å². The van der Waals surface area contributed by atoms with Crippen molar-refractivity contribution in [3.8, 4) is 0 Å². The maximum atomic E-state index is 11.6. The lowest BCUT2D eigenvalue weighted by Crippen LogP contribution is -2.46. The Hall–Kier alpha value is -2.73. The lowest BCUT2D eigenvalue weighted by atomic mass is 10.1. The second-order valence-corrected chi connectivity index (χ2v) is 8.86. The summed E-state index contributed by atoms with van der Waals surface area (Å²) in [6.45, 7) is 5.45. The molecule has 1 aliphatic carbocycles. The number of aromatic nitrogens is 2. The molecule has 6 nitrogen and oxygen atoms in total. The minimum atomic E-state index is 0.0626. The molecule has 1 saturated heterocycles. The maximum Gasteiger partial charge on any atom is 0.225 e. The van der Waals surface area contributed by atoms with Gasteiger partial charge in [-0.05, 0) is 68.5 Å². The minimum Gasteiger partial charge on any atom is -0.354 e. The number of aryl methyl sites for hydroxylation is 1. The van der Waals surface area contributed by atoms with Gasteiger partial charge in [-0.1, -0.05) is 18.2 Å². The summed E-state index contributed by atoms with van der Waals surface area (Å²) in [6, 6.07) is 10.6. The van der Waals surface area contributed by atoms with Gasteiger partial charge in [-0.25, -0.2) is 9.97 Å². The molecule has 0 aromatic carbocycles. The van der Waals surface area contributed by atoms with Gasteiger partial charge < -0.3 is 10.2 Å². The molecule has 6 heteroatoms. The maximum absolute atomic E-state index is 11.6. The summed E-state index contributed by atoms with van der Waals surface area (Å²) in [7, 11) is 0. The Morgan fingerprint density at radius 3 is 2.74 bits per heavy atom. The van der Waals surface area contributed by atoms with E-state index in [1.807, 2.05) is 6.07 Å². The van der Waals surface area contributed by atoms with Crippen molar-refractivity contribution in [2.75, 3.05) is 42.9 Å². The van der Waals surface area contributed by atoms with E-state index in [0.29, 0.717) is 12.3 Å². The van der Waals surface area contributed by atoms with E-state index >= 15 is 0 Å². The highest BCUT2D eigenvalue weighted by molar-refractivity contribution is 5.92. The zero-order valence-corrected chi connectivity index (χ0v) is 18.1. The fraction of sp³-hybridized carbons (Fsp3) is 0.480. The molecular weight excluding hydrogens is 386 g/mol. The zero-order chi connectivity index (χ0) is 21.0. The SMILES string of the molecule is O=C1CCc2ccc(/C=C/CCCN3CCN(c4cccc(C5CC5)n4)CC3)nc2N1. The van der Waals surface area contributed by atoms with Gasteiger partial charge in [0.05, 0.1) is 5.69 Å². The monoisotopic (exact) mass is 417 g/mol. The van der Waals surface area contributed by atoms with Crippen LogP contribution in [0, 0.1) is 0 Å². The number of carbonyl (C=O) groups excluding carboxylic acids is 1. The van der Waals surface area contributed by atoms with Gasteiger partial charge >= 0.3 is 0 Å². The van der Waals surface area contributed by atoms with Crippen LogP contribution in [-0.4, -0.2) is 53.5 Å². The zero-order valence-electron chi connectivity index (χ0n) is 18.1. The molecule has 1 N–H and O–H groups in total. The van der Waals surface area contributed by atoms with E-state index in [1.165, 1.54) is 18.5 Å². The lowest BCUT2D eigenvalue weighted by Gasteiger charge is -2.35. The summed E-state index contributed by atoms with van der Waals surface area (Å²) in [6.07, 6.45) is 10.4. The Kier molecular flexibility index (Phi) is 5.98. The van der Waals surface area contributed by atoms with Gasteiger partial charge in [0.15, 0.2) is 0 Å². The second-order valence-electron chi connectivity index (χ2n) is 8.86. The Bertz CT molecular complexity index is 960. The Balaban J connectivity index is 1.04. The van der Waals surface area contributed by atoms with Crippen LogP contribution >= 0.6 is 0 Å². The number of nitrogens with one attached hydrogen (secondary N) is 1. The standard InChI is InChI=1S/C25H31N5O/c31-24-13-11-20-10-12-21(26-25(20)28-24)5-2-1-3-14-29-15-17-30(18-16-29)23-7-4-6-22(27-23)19-8-9-19/h2,4-7,10,12,19H,1,3,8-9,11,13-18H2,(H,26,28,31)/b5-2+. The van der Waals surface area contributed by atoms with Crippen molar-refractivity contribution in [3.05, 3.63) is 53.4 Å². The van der Waals surface area contributed by atoms with Crippen molar-refractivity contribution in [2.45, 2.75) is 44.4 Å². The van der Waals surface area contributed by atoms with Crippen molar-refractivity contribution in [1.29, 1.82) is 0 Å². The number of hydrogen-bond acceptors (Lipinski definition) is 5. The second kappa shape index (κ2) is 9.18. The lowest BCUT2D eigenvalue weighted by molar-refractivity contribution is -0.116. The molecule has 2 aliphatic heterocycles. The molecule has 0 spiro atoms. The number of allylic oxidation sites excluding steroid dienone is 1. The third-order valence-corrected chi connectivity index (χ3v) is 6.46. The number of fused-ring (bicyclic) bond motifs is 1. The van der Waals surface area contributed by atoms with E-state index in [0.717, 1.165) is 74.9 Å². The first kappa shape index (κ1) is 20.2. The Morgan fingerprint density at radius 2 is 1.90 bits per heavy atom. The van der Waals surface area contributed by atoms with Gasteiger partial charge in [-0.15, -0.1) is 0 Å². The molecule has 0 bridgehead atoms. The first-order valence-electron chi connectivity index (χ1n) is 11.7. The first-order chi connectivity index (χ1) is 15.2. The quantitative estimate of drug-likeness (QED) is 0.694. The number of nitrogens with zero attached hydrogens (tertiary/aromatic N) is 4. The number of unbranched alkanes of at least 4 members (excludes halogenated alkanes) is 1. The average Bonchev–Trinajstić information content (AvgIpc) is 3.65. The molecule has 3 aliphatic rings. The smallest absolute Gasteiger partial charge is 0.225 e. The molecule has 2 fully saturated rings. The average molecular weight is 418 g/mol. The molecule has 0 radical (unpaired) electrons. The highest BCUT2D eigenvalue weighted by atomic mass is 16.1. The number of anilines is 2. The highest BCUT2D eigenvalue weighted by Crippen LogP contribution is 2.39. The van der Waals surface area contributed by atoms with Crippen LogP contribution in [0.25, 0.3) is 6.08 Å². The van der Waals surface area contributed by atoms with Gasteiger partial charge in [-0.2, -0.15) is 0 Å². The molecular formula is C25H31N5O. The van der Waals surface area contributed by atoms with Gasteiger partial charge in [0.1, 0.15) is 11.6 Å². The van der Waals surface area contributed by atoms with Crippen molar-refractivity contribution < 1.29 is 4.79 Å². The van der Waals surface area contributed by atoms with Gasteiger partial charge in [0.2, 0.25) is 5.91 Å². The number of piperazine rings is 1. The van der Waals surface area contributed by atoms with Crippen LogP contribution in [-0.2, 0) is 11.2 Å². The van der Waals surface area contributed by atoms with Crippen LogP contribution in [0.5, 0.6) is 0 Å². The molecule has 162 valence electrons. The van der Waals surface area contributed by atoms with Crippen LogP contribution < -0.4 is 10.2 Å². The number of rotatable bonds is 7. The van der Waals surface area contributed by atoms with Crippen LogP contribution in [0.2, 0.25) is 0 Å². The summed E-state index contributed by atoms with van der Waals surface area (Å²) in [5.74, 6) is 2.66. The number of carbonyl (C=O) groups is 1. The molecule has 0 atom stereocenters. The van der Waals surface area contributed by atoms with Crippen molar-refractivity contribution in [1.82, 2.24) is 14.9 Å². The van der Waals surface area contributed by atoms with Gasteiger partial charge in [0.25, 0.3) is 0 Å². The molecule has 4 heterocycles. The van der Waals surface area contributed by atoms with E-state index < -0.39 is 0 Å². The topological polar surface area (TPSA) is 61.4 Å². The van der Waals surface area contributed by atoms with Crippen LogP contribution in [0.3, 0.4) is 0 Å². The summed E-state index contributed by atoms with van der Waals surface area (Å²) < 4.78 is 0. The van der Waals surface area contributed by atoms with Crippen LogP contribution in [0.15, 0.2) is 36.4 Å². The largest absolute Gasteiger partial charge is 0.354 e. The highest BCUT2D eigenvalue weighted by Gasteiger charge is 2.26. The van der Waals surface area contributed by atoms with E-state index in [2.05, 4.69) is 56.5 Å². The third kappa shape index (κ3) is 5.13. The third-order valence-electron chi connectivity index (χ3n) is 6.46. The minimum absolute atomic E-state index is 0.0626. The summed E-state index contributed by atoms with van der Waals surface area (Å²) in [5, 5.41) is 2.87. The van der Waals surface area contributed by atoms with Crippen molar-refractivity contribution >= 4 is 23.6 Å². The predicted octanol–water partition coefficient (Wildman–Crippen LogP) is 3.85. The van der Waals surface area contributed by atoms with Crippen LogP contribution in [0.1, 0.15) is 55.0 Å². The molecule has 5 rings (SSSR count). The van der Waals surface area contributed by atoms with Gasteiger partial charge in [0, 0.05) is 44.2 Å². The number of hydrogen-bond donors (Lipinski definition) is 1. The molecule has 2 aromatic heterocycles. The number of pyridine rings is 2. The first-order valence-corrected chi connectivity index (χ1v) is 11.7. The fourth-order valence-electron chi connectivity index (χ4n) is 4.41. The van der Waals surface area contributed by atoms with Gasteiger partial charge in [-0.3, -0.25) is 9.69 Å². The number of amides is 1. The van der Waals surface area contributed by atoms with Crippen molar-refractivity contribution in [2.24, 2.45) is 0 Å². The predicted molar refractivity (Wildman–Crippen MR) is 124 cm³/mol. The van der Waals surface area contributed by atoms with E-state index in [4.69, 9.17) is 4.98 Å². The van der Waals surface area contributed by atoms with E-state index in [1.54, 1.807) is 0 Å².